The molecule has 0 saturated heterocycles. The molecule has 0 N–H and O–H groups in total. The highest BCUT2D eigenvalue weighted by Crippen LogP contribution is 2.46. The summed E-state index contributed by atoms with van der Waals surface area (Å²) in [6.07, 6.45) is 4.75. The Kier molecular flexibility index (Phi) is 12.4. The first-order valence-corrected chi connectivity index (χ1v) is 15.7. The molecule has 1 aliphatic rings. The van der Waals surface area contributed by atoms with Gasteiger partial charge in [0.2, 0.25) is 0 Å². The first-order valence-electron chi connectivity index (χ1n) is 13.9. The van der Waals surface area contributed by atoms with Gasteiger partial charge in [-0.15, -0.1) is 0 Å². The summed E-state index contributed by atoms with van der Waals surface area (Å²) in [5.41, 5.74) is -0.495. The number of carbonyl (C=O) groups is 4. The van der Waals surface area contributed by atoms with Gasteiger partial charge in [0.1, 0.15) is 30.6 Å². The minimum Gasteiger partial charge on any atom is -0.496 e. The van der Waals surface area contributed by atoms with E-state index in [4.69, 9.17) is 27.9 Å². The molecule has 1 unspecified atom stereocenters. The predicted molar refractivity (Wildman–Crippen MR) is 162 cm³/mol. The van der Waals surface area contributed by atoms with E-state index in [1.54, 1.807) is 46.8 Å². The fraction of sp³-hybridized carbons (Fsp3) is 0.533. The van der Waals surface area contributed by atoms with Crippen LogP contribution in [0.25, 0.3) is 0 Å². The molecule has 0 bridgehead atoms. The zero-order valence-electron chi connectivity index (χ0n) is 27.3. The highest BCUT2D eigenvalue weighted by atomic mass is 32.2. The third-order valence-corrected chi connectivity index (χ3v) is 6.79. The molecule has 2 atom stereocenters. The lowest BCUT2D eigenvalue weighted by molar-refractivity contribution is -0.149. The van der Waals surface area contributed by atoms with Crippen molar-refractivity contribution in [3.8, 4) is 17.2 Å². The number of allylic oxidation sites excluding steroid dienone is 1. The SMILES string of the molecule is C/C=C/CC1C(=O)N([C@@H](COC(C)=O)c2cc(OC)c(C)c(OC)c2OS(C)(=O)=O)C(COC(C)=O)=CN1C(=O)OC(C)(C)C. The van der Waals surface area contributed by atoms with Crippen molar-refractivity contribution in [2.45, 2.75) is 72.6 Å². The van der Waals surface area contributed by atoms with E-state index in [1.165, 1.54) is 38.3 Å². The lowest BCUT2D eigenvalue weighted by Gasteiger charge is -2.42. The number of hydrogen-bond donors (Lipinski definition) is 0. The van der Waals surface area contributed by atoms with Gasteiger partial charge in [-0.2, -0.15) is 8.42 Å². The van der Waals surface area contributed by atoms with Crippen LogP contribution < -0.4 is 13.7 Å². The van der Waals surface area contributed by atoms with Crippen LogP contribution in [0.2, 0.25) is 0 Å². The van der Waals surface area contributed by atoms with Crippen molar-refractivity contribution in [1.82, 2.24) is 9.80 Å². The van der Waals surface area contributed by atoms with E-state index in [9.17, 15) is 27.6 Å². The van der Waals surface area contributed by atoms with Crippen LogP contribution in [-0.2, 0) is 38.7 Å². The first-order chi connectivity index (χ1) is 20.8. The van der Waals surface area contributed by atoms with Crippen LogP contribution in [0.1, 0.15) is 65.1 Å². The Hall–Kier alpha value is -4.27. The number of amides is 2. The zero-order valence-corrected chi connectivity index (χ0v) is 28.1. The molecule has 0 fully saturated rings. The van der Waals surface area contributed by atoms with Gasteiger partial charge in [0.25, 0.3) is 5.91 Å². The van der Waals surface area contributed by atoms with Crippen molar-refractivity contribution in [3.05, 3.63) is 41.2 Å². The van der Waals surface area contributed by atoms with E-state index in [0.717, 1.165) is 18.1 Å². The summed E-state index contributed by atoms with van der Waals surface area (Å²) in [4.78, 5) is 54.1. The molecule has 45 heavy (non-hydrogen) atoms. The van der Waals surface area contributed by atoms with Crippen molar-refractivity contribution in [3.63, 3.8) is 0 Å². The Morgan fingerprint density at radius 2 is 1.67 bits per heavy atom. The fourth-order valence-corrected chi connectivity index (χ4v) is 4.99. The van der Waals surface area contributed by atoms with Crippen molar-refractivity contribution < 1.29 is 55.5 Å². The van der Waals surface area contributed by atoms with E-state index in [1.807, 2.05) is 0 Å². The Morgan fingerprint density at radius 1 is 1.04 bits per heavy atom. The average Bonchev–Trinajstić information content (AvgIpc) is 2.91. The van der Waals surface area contributed by atoms with Crippen molar-refractivity contribution in [2.24, 2.45) is 0 Å². The van der Waals surface area contributed by atoms with Crippen LogP contribution >= 0.6 is 0 Å². The van der Waals surface area contributed by atoms with Gasteiger partial charge in [-0.25, -0.2) is 4.79 Å². The quantitative estimate of drug-likeness (QED) is 0.139. The van der Waals surface area contributed by atoms with E-state index in [0.29, 0.717) is 5.56 Å². The third-order valence-electron chi connectivity index (χ3n) is 6.32. The smallest absolute Gasteiger partial charge is 0.415 e. The van der Waals surface area contributed by atoms with E-state index in [-0.39, 0.29) is 34.9 Å². The molecule has 1 aromatic carbocycles. The Labute approximate surface area is 263 Å². The number of methoxy groups -OCH3 is 2. The summed E-state index contributed by atoms with van der Waals surface area (Å²) >= 11 is 0. The number of ether oxygens (including phenoxy) is 5. The number of hydrogen-bond acceptors (Lipinski definition) is 12. The minimum absolute atomic E-state index is 0.00115. The normalized spacial score (nSPS) is 16.2. The maximum Gasteiger partial charge on any atom is 0.415 e. The van der Waals surface area contributed by atoms with E-state index < -0.39 is 65.0 Å². The molecule has 14 nitrogen and oxygen atoms in total. The second-order valence-electron chi connectivity index (χ2n) is 11.1. The average molecular weight is 655 g/mol. The standard InChI is InChI=1S/C30H42N2O12S/c1-11-12-13-23-28(35)32(21(16-41-19(3)33)15-31(23)29(36)43-30(5,6)7)24(17-42-20(4)34)22-14-25(39-8)18(2)26(40-9)27(22)44-45(10,37)38/h11-12,14-15,23-24H,13,16-17H2,1-10H3/b12-11+/t23?,24-/m0/s1. The summed E-state index contributed by atoms with van der Waals surface area (Å²) in [7, 11) is -1.49. The summed E-state index contributed by atoms with van der Waals surface area (Å²) in [5, 5.41) is 0. The van der Waals surface area contributed by atoms with E-state index in [2.05, 4.69) is 0 Å². The number of benzene rings is 1. The van der Waals surface area contributed by atoms with Gasteiger partial charge in [-0.05, 0) is 47.1 Å². The molecule has 1 heterocycles. The van der Waals surface area contributed by atoms with Crippen molar-refractivity contribution in [1.29, 1.82) is 0 Å². The van der Waals surface area contributed by atoms with Gasteiger partial charge in [0.15, 0.2) is 11.5 Å². The van der Waals surface area contributed by atoms with Gasteiger partial charge >= 0.3 is 28.1 Å². The molecule has 250 valence electrons. The first kappa shape index (κ1) is 36.9. The van der Waals surface area contributed by atoms with Gasteiger partial charge in [-0.1, -0.05) is 12.2 Å². The molecule has 2 amide bonds. The van der Waals surface area contributed by atoms with Crippen molar-refractivity contribution >= 4 is 34.1 Å². The zero-order chi connectivity index (χ0) is 34.3. The summed E-state index contributed by atoms with van der Waals surface area (Å²) in [6.45, 7) is 9.70. The topological polar surface area (TPSA) is 164 Å². The molecule has 1 aromatic rings. The Balaban J connectivity index is 3.01. The highest BCUT2D eigenvalue weighted by molar-refractivity contribution is 7.86. The molecule has 0 saturated carbocycles. The second-order valence-corrected chi connectivity index (χ2v) is 12.7. The fourth-order valence-electron chi connectivity index (χ4n) is 4.51. The van der Waals surface area contributed by atoms with E-state index >= 15 is 0 Å². The maximum atomic E-state index is 14.5. The summed E-state index contributed by atoms with van der Waals surface area (Å²) < 4.78 is 57.6. The molecular formula is C30H42N2O12S. The second kappa shape index (κ2) is 15.1. The number of nitrogens with zero attached hydrogens (tertiary/aromatic N) is 2. The lowest BCUT2D eigenvalue weighted by atomic mass is 9.97. The Bertz CT molecular complexity index is 1460. The molecule has 1 aliphatic heterocycles. The van der Waals surface area contributed by atoms with Crippen LogP contribution in [0.5, 0.6) is 17.2 Å². The molecule has 0 aliphatic carbocycles. The lowest BCUT2D eigenvalue weighted by Crippen LogP contribution is -2.55. The van der Waals surface area contributed by atoms with Gasteiger partial charge in [-0.3, -0.25) is 24.2 Å². The maximum absolute atomic E-state index is 14.5. The van der Waals surface area contributed by atoms with Crippen LogP contribution in [0.3, 0.4) is 0 Å². The van der Waals surface area contributed by atoms with Gasteiger partial charge < -0.3 is 27.9 Å². The van der Waals surface area contributed by atoms with Gasteiger partial charge in [0.05, 0.1) is 32.2 Å². The van der Waals surface area contributed by atoms with Crippen LogP contribution in [0.4, 0.5) is 4.79 Å². The molecule has 2 rings (SSSR count). The molecule has 0 aromatic heterocycles. The van der Waals surface area contributed by atoms with Crippen LogP contribution in [0.15, 0.2) is 30.1 Å². The van der Waals surface area contributed by atoms with Crippen molar-refractivity contribution in [2.75, 3.05) is 33.7 Å². The van der Waals surface area contributed by atoms with Crippen LogP contribution in [0, 0.1) is 6.92 Å². The van der Waals surface area contributed by atoms with Crippen LogP contribution in [-0.4, -0.2) is 87.5 Å². The molecular weight excluding hydrogens is 612 g/mol. The summed E-state index contributed by atoms with van der Waals surface area (Å²) in [5.74, 6) is -2.11. The monoisotopic (exact) mass is 654 g/mol. The third kappa shape index (κ3) is 9.86. The predicted octanol–water partition coefficient (Wildman–Crippen LogP) is 3.77. The molecule has 15 heteroatoms. The van der Waals surface area contributed by atoms with Gasteiger partial charge in [0, 0.05) is 31.2 Å². The minimum atomic E-state index is -4.17. The number of carbonyl (C=O) groups excluding carboxylic acids is 4. The highest BCUT2D eigenvalue weighted by Gasteiger charge is 2.44. The number of rotatable bonds is 12. The largest absolute Gasteiger partial charge is 0.496 e. The summed E-state index contributed by atoms with van der Waals surface area (Å²) in [6, 6.07) is -1.02. The Morgan fingerprint density at radius 3 is 2.16 bits per heavy atom. The molecule has 0 radical (unpaired) electrons. The number of esters is 2. The molecule has 0 spiro atoms.